The number of carbonyl (C=O) groups is 1. The van der Waals surface area contributed by atoms with Crippen molar-refractivity contribution in [3.05, 3.63) is 59.4 Å². The van der Waals surface area contributed by atoms with E-state index < -0.39 is 5.82 Å². The van der Waals surface area contributed by atoms with E-state index in [1.807, 2.05) is 18.2 Å². The zero-order chi connectivity index (χ0) is 19.3. The van der Waals surface area contributed by atoms with Crippen LogP contribution in [0.25, 0.3) is 0 Å². The molecule has 0 bridgehead atoms. The van der Waals surface area contributed by atoms with Crippen LogP contribution in [0.2, 0.25) is 0 Å². The van der Waals surface area contributed by atoms with Crippen molar-refractivity contribution in [3.8, 4) is 11.5 Å². The van der Waals surface area contributed by atoms with Gasteiger partial charge in [-0.1, -0.05) is 12.1 Å². The Morgan fingerprint density at radius 3 is 2.71 bits per heavy atom. The van der Waals surface area contributed by atoms with Gasteiger partial charge in [0.05, 0.1) is 13.2 Å². The van der Waals surface area contributed by atoms with Gasteiger partial charge in [0.1, 0.15) is 5.82 Å². The van der Waals surface area contributed by atoms with Crippen LogP contribution < -0.4 is 9.47 Å². The number of halogens is 1. The molecular formula is C21H23FN2O4. The van der Waals surface area contributed by atoms with Crippen LogP contribution in [0.4, 0.5) is 4.39 Å². The molecule has 7 heteroatoms. The summed E-state index contributed by atoms with van der Waals surface area (Å²) in [4.78, 5) is 17.1. The third kappa shape index (κ3) is 4.43. The van der Waals surface area contributed by atoms with Gasteiger partial charge < -0.3 is 19.1 Å². The monoisotopic (exact) mass is 386 g/mol. The van der Waals surface area contributed by atoms with Crippen LogP contribution in [0.1, 0.15) is 15.9 Å². The minimum atomic E-state index is -0.415. The van der Waals surface area contributed by atoms with Crippen LogP contribution in [-0.2, 0) is 11.3 Å². The van der Waals surface area contributed by atoms with Crippen molar-refractivity contribution in [2.24, 2.45) is 0 Å². The first-order chi connectivity index (χ1) is 13.7. The van der Waals surface area contributed by atoms with Gasteiger partial charge in [-0.15, -0.1) is 0 Å². The summed E-state index contributed by atoms with van der Waals surface area (Å²) in [6, 6.07) is 11.5. The summed E-state index contributed by atoms with van der Waals surface area (Å²) in [6.07, 6.45) is 0. The molecule has 0 radical (unpaired) electrons. The van der Waals surface area contributed by atoms with Crippen LogP contribution in [-0.4, -0.2) is 61.9 Å². The summed E-state index contributed by atoms with van der Waals surface area (Å²) in [7, 11) is 0. The number of ether oxygens (including phenoxy) is 3. The van der Waals surface area contributed by atoms with Crippen LogP contribution in [0, 0.1) is 5.82 Å². The highest BCUT2D eigenvalue weighted by Gasteiger charge is 2.20. The molecule has 0 saturated carbocycles. The number of rotatable bonds is 6. The van der Waals surface area contributed by atoms with Crippen LogP contribution in [0.5, 0.6) is 11.5 Å². The highest BCUT2D eigenvalue weighted by molar-refractivity contribution is 5.94. The summed E-state index contributed by atoms with van der Waals surface area (Å²) >= 11 is 0. The first-order valence-electron chi connectivity index (χ1n) is 9.42. The van der Waals surface area contributed by atoms with Gasteiger partial charge in [-0.25, -0.2) is 4.39 Å². The quantitative estimate of drug-likeness (QED) is 0.764. The Hall–Kier alpha value is -2.64. The van der Waals surface area contributed by atoms with Gasteiger partial charge in [-0.3, -0.25) is 9.69 Å². The lowest BCUT2D eigenvalue weighted by Crippen LogP contribution is -2.42. The first-order valence-corrected chi connectivity index (χ1v) is 9.42. The number of hydrogen-bond donors (Lipinski definition) is 0. The second-order valence-corrected chi connectivity index (χ2v) is 6.88. The van der Waals surface area contributed by atoms with E-state index in [9.17, 15) is 9.18 Å². The van der Waals surface area contributed by atoms with Gasteiger partial charge in [0, 0.05) is 38.3 Å². The molecular weight excluding hydrogens is 363 g/mol. The van der Waals surface area contributed by atoms with Gasteiger partial charge in [-0.05, 0) is 35.9 Å². The zero-order valence-corrected chi connectivity index (χ0v) is 15.6. The number of hydrogen-bond acceptors (Lipinski definition) is 5. The van der Waals surface area contributed by atoms with Crippen molar-refractivity contribution >= 4 is 5.91 Å². The van der Waals surface area contributed by atoms with Crippen LogP contribution in [0.3, 0.4) is 0 Å². The molecule has 6 nitrogen and oxygen atoms in total. The SMILES string of the molecule is O=C(c1cccc(F)c1)N(CCN1CCOCC1)Cc1ccc2c(c1)OCO2. The van der Waals surface area contributed by atoms with Crippen molar-refractivity contribution in [3.63, 3.8) is 0 Å². The number of fused-ring (bicyclic) bond motifs is 1. The molecule has 1 amide bonds. The smallest absolute Gasteiger partial charge is 0.254 e. The second-order valence-electron chi connectivity index (χ2n) is 6.88. The van der Waals surface area contributed by atoms with E-state index in [-0.39, 0.29) is 12.7 Å². The minimum absolute atomic E-state index is 0.189. The molecule has 1 saturated heterocycles. The number of amides is 1. The predicted molar refractivity (Wildman–Crippen MR) is 101 cm³/mol. The molecule has 0 N–H and O–H groups in total. The lowest BCUT2D eigenvalue weighted by Gasteiger charge is -2.30. The van der Waals surface area contributed by atoms with Crippen molar-refractivity contribution in [1.29, 1.82) is 0 Å². The molecule has 2 aromatic rings. The molecule has 2 aliphatic heterocycles. The molecule has 0 aliphatic carbocycles. The van der Waals surface area contributed by atoms with E-state index in [1.54, 1.807) is 17.0 Å². The lowest BCUT2D eigenvalue weighted by molar-refractivity contribution is 0.0320. The van der Waals surface area contributed by atoms with Crippen molar-refractivity contribution < 1.29 is 23.4 Å². The average Bonchev–Trinajstić information content (AvgIpc) is 3.19. The summed E-state index contributed by atoms with van der Waals surface area (Å²) < 4.78 is 29.8. The van der Waals surface area contributed by atoms with Crippen molar-refractivity contribution in [2.45, 2.75) is 6.54 Å². The lowest BCUT2D eigenvalue weighted by atomic mass is 10.1. The summed E-state index contributed by atoms with van der Waals surface area (Å²) in [6.45, 7) is 5.04. The maximum absolute atomic E-state index is 13.6. The Kier molecular flexibility index (Phi) is 5.73. The molecule has 2 heterocycles. The number of nitrogens with zero attached hydrogens (tertiary/aromatic N) is 2. The summed E-state index contributed by atoms with van der Waals surface area (Å²) in [5.41, 5.74) is 1.29. The third-order valence-electron chi connectivity index (χ3n) is 4.96. The molecule has 4 rings (SSSR count). The van der Waals surface area contributed by atoms with Crippen molar-refractivity contribution in [2.75, 3.05) is 46.2 Å². The van der Waals surface area contributed by atoms with Gasteiger partial charge >= 0.3 is 0 Å². The molecule has 2 aromatic carbocycles. The molecule has 148 valence electrons. The molecule has 0 unspecified atom stereocenters. The number of benzene rings is 2. The fraction of sp³-hybridized carbons (Fsp3) is 0.381. The van der Waals surface area contributed by atoms with Crippen LogP contribution in [0.15, 0.2) is 42.5 Å². The van der Waals surface area contributed by atoms with Gasteiger partial charge in [0.25, 0.3) is 5.91 Å². The van der Waals surface area contributed by atoms with E-state index >= 15 is 0 Å². The Morgan fingerprint density at radius 2 is 1.89 bits per heavy atom. The fourth-order valence-corrected chi connectivity index (χ4v) is 3.40. The second kappa shape index (κ2) is 8.58. The Labute approximate surface area is 163 Å². The highest BCUT2D eigenvalue weighted by atomic mass is 19.1. The normalized spacial score (nSPS) is 16.2. The standard InChI is InChI=1S/C21H23FN2O4/c22-18-3-1-2-17(13-18)21(25)24(7-6-23-8-10-26-11-9-23)14-16-4-5-19-20(12-16)28-15-27-19/h1-5,12-13H,6-11,14-15H2. The largest absolute Gasteiger partial charge is 0.454 e. The zero-order valence-electron chi connectivity index (χ0n) is 15.6. The minimum Gasteiger partial charge on any atom is -0.454 e. The predicted octanol–water partition coefficient (Wildman–Crippen LogP) is 2.53. The van der Waals surface area contributed by atoms with E-state index in [0.717, 1.165) is 25.2 Å². The Bertz CT molecular complexity index is 839. The summed E-state index contributed by atoms with van der Waals surface area (Å²) in [5.74, 6) is 0.788. The summed E-state index contributed by atoms with van der Waals surface area (Å²) in [5, 5.41) is 0. The van der Waals surface area contributed by atoms with Gasteiger partial charge in [0.2, 0.25) is 6.79 Å². The molecule has 0 atom stereocenters. The van der Waals surface area contributed by atoms with E-state index in [1.165, 1.54) is 12.1 Å². The van der Waals surface area contributed by atoms with Gasteiger partial charge in [-0.2, -0.15) is 0 Å². The Morgan fingerprint density at radius 1 is 1.07 bits per heavy atom. The number of carbonyl (C=O) groups excluding carboxylic acids is 1. The molecule has 2 aliphatic rings. The average molecular weight is 386 g/mol. The third-order valence-corrected chi connectivity index (χ3v) is 4.96. The molecule has 1 fully saturated rings. The maximum atomic E-state index is 13.6. The molecule has 0 spiro atoms. The number of morpholine rings is 1. The highest BCUT2D eigenvalue weighted by Crippen LogP contribution is 2.32. The molecule has 28 heavy (non-hydrogen) atoms. The van der Waals surface area contributed by atoms with E-state index in [2.05, 4.69) is 4.90 Å². The maximum Gasteiger partial charge on any atom is 0.254 e. The topological polar surface area (TPSA) is 51.2 Å². The van der Waals surface area contributed by atoms with E-state index in [4.69, 9.17) is 14.2 Å². The molecule has 0 aromatic heterocycles. The fourth-order valence-electron chi connectivity index (χ4n) is 3.40. The van der Waals surface area contributed by atoms with Gasteiger partial charge in [0.15, 0.2) is 11.5 Å². The first kappa shape index (κ1) is 18.7. The Balaban J connectivity index is 1.50. The van der Waals surface area contributed by atoms with E-state index in [0.29, 0.717) is 43.4 Å². The van der Waals surface area contributed by atoms with Crippen molar-refractivity contribution in [1.82, 2.24) is 9.80 Å². The van der Waals surface area contributed by atoms with Crippen LogP contribution >= 0.6 is 0 Å².